The molecule has 6 bridgehead atoms. The number of hydrogen-bond donors (Lipinski definition) is 0. The Kier molecular flexibility index (Phi) is 8.65. The zero-order valence-corrected chi connectivity index (χ0v) is 27.9. The molecule has 0 aliphatic carbocycles. The van der Waals surface area contributed by atoms with E-state index in [9.17, 15) is 4.79 Å². The van der Waals surface area contributed by atoms with Crippen LogP contribution in [0.25, 0.3) is 28.0 Å². The smallest absolute Gasteiger partial charge is 0.339 e. The van der Waals surface area contributed by atoms with E-state index in [-0.39, 0.29) is 5.60 Å². The third-order valence-corrected chi connectivity index (χ3v) is 8.71. The van der Waals surface area contributed by atoms with Crippen LogP contribution >= 0.6 is 0 Å². The van der Waals surface area contributed by atoms with Gasteiger partial charge >= 0.3 is 5.97 Å². The summed E-state index contributed by atoms with van der Waals surface area (Å²) in [5.41, 5.74) is 6.07. The van der Waals surface area contributed by atoms with Gasteiger partial charge in [0.25, 0.3) is 0 Å². The zero-order chi connectivity index (χ0) is 32.6. The van der Waals surface area contributed by atoms with Gasteiger partial charge in [0.1, 0.15) is 18.2 Å². The molecule has 9 nitrogen and oxygen atoms in total. The van der Waals surface area contributed by atoms with Gasteiger partial charge in [0, 0.05) is 36.0 Å². The average molecular weight is 625 g/mol. The van der Waals surface area contributed by atoms with Gasteiger partial charge in [-0.3, -0.25) is 0 Å². The molecule has 1 fully saturated rings. The van der Waals surface area contributed by atoms with E-state index in [1.807, 2.05) is 62.6 Å². The highest BCUT2D eigenvalue weighted by molar-refractivity contribution is 5.81. The fourth-order valence-corrected chi connectivity index (χ4v) is 6.25. The summed E-state index contributed by atoms with van der Waals surface area (Å²) in [7, 11) is 1.39. The van der Waals surface area contributed by atoms with E-state index < -0.39 is 17.7 Å². The Balaban J connectivity index is 1.56. The summed E-state index contributed by atoms with van der Waals surface area (Å²) < 4.78 is 26.2. The van der Waals surface area contributed by atoms with E-state index in [1.54, 1.807) is 0 Å². The first-order chi connectivity index (χ1) is 21.9. The second-order valence-corrected chi connectivity index (χ2v) is 13.5. The third kappa shape index (κ3) is 6.52. The summed E-state index contributed by atoms with van der Waals surface area (Å²) in [5, 5.41) is 5.15. The van der Waals surface area contributed by atoms with Crippen LogP contribution in [0.5, 0.6) is 5.75 Å². The molecule has 7 rings (SSSR count). The van der Waals surface area contributed by atoms with Gasteiger partial charge in [-0.15, -0.1) is 0 Å². The summed E-state index contributed by atoms with van der Waals surface area (Å²) in [6.07, 6.45) is 4.66. The van der Waals surface area contributed by atoms with Gasteiger partial charge < -0.3 is 23.8 Å². The second-order valence-electron chi connectivity index (χ2n) is 13.5. The Morgan fingerprint density at radius 1 is 1.00 bits per heavy atom. The van der Waals surface area contributed by atoms with Crippen molar-refractivity contribution in [2.75, 3.05) is 38.3 Å². The molecule has 2 aromatic heterocycles. The van der Waals surface area contributed by atoms with Crippen LogP contribution in [0.3, 0.4) is 0 Å². The van der Waals surface area contributed by atoms with Gasteiger partial charge in [-0.1, -0.05) is 35.9 Å². The molecule has 0 amide bonds. The van der Waals surface area contributed by atoms with Crippen LogP contribution in [0.4, 0.5) is 5.82 Å². The summed E-state index contributed by atoms with van der Waals surface area (Å²) in [6, 6.07) is 16.6. The topological polar surface area (TPSA) is 87.4 Å². The molecule has 3 aliphatic heterocycles. The van der Waals surface area contributed by atoms with Crippen molar-refractivity contribution in [3.05, 3.63) is 77.5 Å². The lowest BCUT2D eigenvalue weighted by Gasteiger charge is -2.41. The molecule has 9 heteroatoms. The fourth-order valence-electron chi connectivity index (χ4n) is 6.25. The standard InChI is InChI=1S/C37H44N4O5/c1-24-13-14-30-28(21-24)26-11-10-12-27(22-26)29-23-31-38-25(2)32(33(35(42)43-7)46-36(3,4)5)34(41(31)39-29)40-17-15-37(6,16-18-40)45-20-9-8-19-44-30/h8-14,21-23,33H,15-20H2,1-7H3/b9-8+/t33-/m0/s1. The molecule has 242 valence electrons. The second kappa shape index (κ2) is 12.5. The van der Waals surface area contributed by atoms with Crippen molar-refractivity contribution >= 4 is 17.4 Å². The van der Waals surface area contributed by atoms with Gasteiger partial charge in [0.05, 0.1) is 36.2 Å². The van der Waals surface area contributed by atoms with Crippen molar-refractivity contribution in [2.24, 2.45) is 0 Å². The van der Waals surface area contributed by atoms with Crippen LogP contribution in [0.15, 0.2) is 60.7 Å². The van der Waals surface area contributed by atoms with Crippen LogP contribution in [0, 0.1) is 13.8 Å². The first kappa shape index (κ1) is 31.8. The number of methoxy groups -OCH3 is 1. The number of esters is 1. The van der Waals surface area contributed by atoms with Gasteiger partial charge in [-0.25, -0.2) is 9.78 Å². The maximum atomic E-state index is 13.4. The molecule has 1 atom stereocenters. The number of benzene rings is 2. The maximum absolute atomic E-state index is 13.4. The minimum Gasteiger partial charge on any atom is -0.489 e. The van der Waals surface area contributed by atoms with Gasteiger partial charge in [0.2, 0.25) is 0 Å². The highest BCUT2D eigenvalue weighted by Crippen LogP contribution is 2.39. The molecule has 0 radical (unpaired) electrons. The van der Waals surface area contributed by atoms with Crippen molar-refractivity contribution in [1.29, 1.82) is 0 Å². The minimum absolute atomic E-state index is 0.297. The van der Waals surface area contributed by atoms with Crippen molar-refractivity contribution in [3.63, 3.8) is 0 Å². The Hall–Kier alpha value is -4.21. The van der Waals surface area contributed by atoms with E-state index >= 15 is 0 Å². The maximum Gasteiger partial charge on any atom is 0.339 e. The molecule has 0 spiro atoms. The van der Waals surface area contributed by atoms with Crippen LogP contribution in [0.2, 0.25) is 0 Å². The molecule has 1 saturated heterocycles. The number of aromatic nitrogens is 3. The molecular formula is C37H44N4O5. The lowest BCUT2D eigenvalue weighted by molar-refractivity contribution is -0.164. The van der Waals surface area contributed by atoms with E-state index in [0.717, 1.165) is 52.4 Å². The Labute approximate surface area is 271 Å². The predicted molar refractivity (Wildman–Crippen MR) is 179 cm³/mol. The molecule has 4 aromatic rings. The number of carbonyl (C=O) groups is 1. The summed E-state index contributed by atoms with van der Waals surface area (Å²) in [4.78, 5) is 20.6. The first-order valence-electron chi connectivity index (χ1n) is 16.0. The summed E-state index contributed by atoms with van der Waals surface area (Å²) >= 11 is 0. The molecule has 2 aromatic carbocycles. The number of aryl methyl sites for hydroxylation is 2. The van der Waals surface area contributed by atoms with Crippen LogP contribution in [0.1, 0.15) is 63.5 Å². The Bertz CT molecular complexity index is 1780. The third-order valence-electron chi connectivity index (χ3n) is 8.71. The fraction of sp³-hybridized carbons (Fsp3) is 0.432. The number of piperidine rings is 1. The van der Waals surface area contributed by atoms with Crippen molar-refractivity contribution in [3.8, 4) is 28.1 Å². The predicted octanol–water partition coefficient (Wildman–Crippen LogP) is 7.03. The van der Waals surface area contributed by atoms with Crippen LogP contribution in [-0.4, -0.2) is 65.2 Å². The van der Waals surface area contributed by atoms with E-state index in [1.165, 1.54) is 7.11 Å². The number of rotatable bonds is 3. The zero-order valence-electron chi connectivity index (χ0n) is 27.9. The molecule has 5 heterocycles. The molecule has 46 heavy (non-hydrogen) atoms. The molecule has 3 aliphatic rings. The minimum atomic E-state index is -0.982. The highest BCUT2D eigenvalue weighted by atomic mass is 16.6. The first-order valence-corrected chi connectivity index (χ1v) is 16.0. The van der Waals surface area contributed by atoms with Crippen molar-refractivity contribution in [2.45, 2.75) is 71.7 Å². The Morgan fingerprint density at radius 3 is 2.48 bits per heavy atom. The van der Waals surface area contributed by atoms with Gasteiger partial charge in [-0.2, -0.15) is 9.61 Å². The Morgan fingerprint density at radius 2 is 1.74 bits per heavy atom. The van der Waals surface area contributed by atoms with E-state index in [4.69, 9.17) is 29.0 Å². The molecular weight excluding hydrogens is 580 g/mol. The number of anilines is 1. The lowest BCUT2D eigenvalue weighted by atomic mass is 9.92. The highest BCUT2D eigenvalue weighted by Gasteiger charge is 2.38. The summed E-state index contributed by atoms with van der Waals surface area (Å²) in [5.74, 6) is 1.13. The quantitative estimate of drug-likeness (QED) is 0.177. The van der Waals surface area contributed by atoms with Crippen LogP contribution < -0.4 is 9.64 Å². The average Bonchev–Trinajstić information content (AvgIpc) is 3.44. The molecule has 0 N–H and O–H groups in total. The number of nitrogens with zero attached hydrogens (tertiary/aromatic N) is 4. The van der Waals surface area contributed by atoms with Crippen molar-refractivity contribution in [1.82, 2.24) is 14.6 Å². The number of fused-ring (bicyclic) bond motifs is 6. The van der Waals surface area contributed by atoms with Gasteiger partial charge in [-0.05, 0) is 84.2 Å². The van der Waals surface area contributed by atoms with Gasteiger partial charge in [0.15, 0.2) is 11.8 Å². The SMILES string of the molecule is COC(=O)[C@@H](OC(C)(C)C)c1c(C)nc2cc3nn2c1N1CCC(C)(CC1)OC/C=C/COc1ccc(C)cc1-c1cccc-3c1. The summed E-state index contributed by atoms with van der Waals surface area (Å²) in [6.45, 7) is 14.3. The van der Waals surface area contributed by atoms with E-state index in [2.05, 4.69) is 49.1 Å². The normalized spacial score (nSPS) is 17.8. The number of hydrogen-bond acceptors (Lipinski definition) is 8. The number of ether oxygens (including phenoxy) is 4. The largest absolute Gasteiger partial charge is 0.489 e. The molecule has 0 unspecified atom stereocenters. The number of carbonyl (C=O) groups excluding carboxylic acids is 1. The molecule has 0 saturated carbocycles. The van der Waals surface area contributed by atoms with Crippen molar-refractivity contribution < 1.29 is 23.7 Å². The monoisotopic (exact) mass is 624 g/mol. The van der Waals surface area contributed by atoms with Crippen LogP contribution in [-0.2, 0) is 19.0 Å². The lowest BCUT2D eigenvalue weighted by Crippen LogP contribution is -2.45. The van der Waals surface area contributed by atoms with E-state index in [0.29, 0.717) is 43.2 Å².